The maximum atomic E-state index is 14.5. The van der Waals surface area contributed by atoms with Gasteiger partial charge in [-0.15, -0.1) is 0 Å². The smallest absolute Gasteiger partial charge is 0.255 e. The number of carbonyl (C=O) groups is 3. The van der Waals surface area contributed by atoms with Crippen molar-refractivity contribution in [3.8, 4) is 0 Å². The fraction of sp³-hybridized carbons (Fsp3) is 0.348. The summed E-state index contributed by atoms with van der Waals surface area (Å²) >= 11 is 5.81. The number of hydrogen-bond acceptors (Lipinski definition) is 5. The molecule has 9 heteroatoms. The number of rotatable bonds is 11. The van der Waals surface area contributed by atoms with E-state index >= 15 is 0 Å². The predicted octanol–water partition coefficient (Wildman–Crippen LogP) is 2.80. The number of likely N-dealkylation sites (N-methyl/N-ethyl adjacent to an activating group) is 1. The van der Waals surface area contributed by atoms with Gasteiger partial charge in [0, 0.05) is 23.8 Å². The average Bonchev–Trinajstić information content (AvgIpc) is 2.78. The van der Waals surface area contributed by atoms with E-state index in [-0.39, 0.29) is 17.1 Å². The van der Waals surface area contributed by atoms with Crippen LogP contribution in [0.2, 0.25) is 5.02 Å². The minimum atomic E-state index is -1.60. The summed E-state index contributed by atoms with van der Waals surface area (Å²) in [4.78, 5) is 42.5. The van der Waals surface area contributed by atoms with Crippen LogP contribution in [-0.2, 0) is 9.59 Å². The number of para-hydroxylation sites is 1. The molecule has 32 heavy (non-hydrogen) atoms. The Morgan fingerprint density at radius 1 is 1.06 bits per heavy atom. The number of benzene rings is 2. The number of nitrogens with one attached hydrogen (secondary N) is 1. The first-order valence-electron chi connectivity index (χ1n) is 10.4. The summed E-state index contributed by atoms with van der Waals surface area (Å²) in [6.45, 7) is 5.47. The molecule has 3 N–H and O–H groups in total. The highest BCUT2D eigenvalue weighted by Crippen LogP contribution is 2.19. The first-order valence-corrected chi connectivity index (χ1v) is 10.8. The monoisotopic (exact) mass is 462 g/mol. The van der Waals surface area contributed by atoms with Crippen LogP contribution >= 0.6 is 11.6 Å². The highest BCUT2D eigenvalue weighted by molar-refractivity contribution is 6.30. The second-order valence-electron chi connectivity index (χ2n) is 7.06. The molecule has 0 spiro atoms. The summed E-state index contributed by atoms with van der Waals surface area (Å²) in [5.74, 6) is -3.07. The molecule has 0 aliphatic carbocycles. The minimum Gasteiger partial charge on any atom is -0.324 e. The summed E-state index contributed by atoms with van der Waals surface area (Å²) in [5.41, 5.74) is 5.69. The van der Waals surface area contributed by atoms with Crippen LogP contribution in [-0.4, -0.2) is 66.2 Å². The lowest BCUT2D eigenvalue weighted by Crippen LogP contribution is -2.55. The fourth-order valence-electron chi connectivity index (χ4n) is 3.27. The largest absolute Gasteiger partial charge is 0.324 e. The van der Waals surface area contributed by atoms with Gasteiger partial charge in [0.2, 0.25) is 5.91 Å². The Kier molecular flexibility index (Phi) is 9.77. The minimum absolute atomic E-state index is 0.0749. The number of amides is 2. The number of nitrogens with two attached hydrogens (primary N) is 1. The van der Waals surface area contributed by atoms with Crippen molar-refractivity contribution in [3.63, 3.8) is 0 Å². The fourth-order valence-corrected chi connectivity index (χ4v) is 3.43. The number of ketones is 1. The molecule has 2 amide bonds. The van der Waals surface area contributed by atoms with Crippen molar-refractivity contribution in [1.29, 1.82) is 0 Å². The van der Waals surface area contributed by atoms with Crippen LogP contribution in [0.15, 0.2) is 48.5 Å². The number of carbonyl (C=O) groups excluding carboxylic acids is 3. The van der Waals surface area contributed by atoms with Gasteiger partial charge in [0.05, 0.1) is 12.1 Å². The molecule has 0 aliphatic rings. The normalized spacial score (nSPS) is 11.8. The molecule has 0 saturated carbocycles. The number of anilines is 1. The summed E-state index contributed by atoms with van der Waals surface area (Å²) in [6, 6.07) is 10.5. The van der Waals surface area contributed by atoms with E-state index < -0.39 is 36.0 Å². The van der Waals surface area contributed by atoms with E-state index in [1.165, 1.54) is 12.1 Å². The molecule has 0 aromatic heterocycles. The van der Waals surface area contributed by atoms with Gasteiger partial charge in [0.25, 0.3) is 5.91 Å². The molecule has 0 saturated heterocycles. The van der Waals surface area contributed by atoms with Crippen molar-refractivity contribution in [2.24, 2.45) is 5.73 Å². The molecule has 1 atom stereocenters. The van der Waals surface area contributed by atoms with Crippen LogP contribution < -0.4 is 11.1 Å². The number of Topliss-reactive ketones (excluding diaryl/α,β-unsaturated/α-hetero) is 1. The molecule has 2 aromatic carbocycles. The number of nitrogens with zero attached hydrogens (tertiary/aromatic N) is 2. The molecule has 0 fully saturated rings. The molecule has 0 unspecified atom stereocenters. The zero-order valence-electron chi connectivity index (χ0n) is 18.2. The maximum absolute atomic E-state index is 14.5. The highest BCUT2D eigenvalue weighted by Gasteiger charge is 2.37. The van der Waals surface area contributed by atoms with E-state index in [2.05, 4.69) is 5.32 Å². The molecule has 0 radical (unpaired) electrons. The Balaban J connectivity index is 2.46. The SMILES string of the molecule is CCN(CC)CCN(C(=O)CN)[C@H](C(=O)Nc1ccccc1)C(=O)c1ccc(Cl)cc1F. The number of halogens is 2. The highest BCUT2D eigenvalue weighted by atomic mass is 35.5. The lowest BCUT2D eigenvalue weighted by molar-refractivity contribution is -0.136. The Hall–Kier alpha value is -2.81. The Morgan fingerprint density at radius 2 is 1.72 bits per heavy atom. The molecule has 172 valence electrons. The topological polar surface area (TPSA) is 95.7 Å². The van der Waals surface area contributed by atoms with Crippen LogP contribution in [0.1, 0.15) is 24.2 Å². The third-order valence-electron chi connectivity index (χ3n) is 5.09. The van der Waals surface area contributed by atoms with Crippen LogP contribution in [0, 0.1) is 5.82 Å². The van der Waals surface area contributed by atoms with Gasteiger partial charge in [0.1, 0.15) is 5.82 Å². The van der Waals surface area contributed by atoms with Gasteiger partial charge in [-0.25, -0.2) is 4.39 Å². The molecule has 2 aromatic rings. The van der Waals surface area contributed by atoms with E-state index in [4.69, 9.17) is 17.3 Å². The Morgan fingerprint density at radius 3 is 2.28 bits per heavy atom. The van der Waals surface area contributed by atoms with Crippen molar-refractivity contribution < 1.29 is 18.8 Å². The van der Waals surface area contributed by atoms with Crippen LogP contribution in [0.5, 0.6) is 0 Å². The maximum Gasteiger partial charge on any atom is 0.255 e. The summed E-state index contributed by atoms with van der Waals surface area (Å²) < 4.78 is 14.5. The van der Waals surface area contributed by atoms with Gasteiger partial charge < -0.3 is 20.9 Å². The zero-order valence-corrected chi connectivity index (χ0v) is 18.9. The molecule has 0 aliphatic heterocycles. The van der Waals surface area contributed by atoms with E-state index in [1.807, 2.05) is 18.7 Å². The van der Waals surface area contributed by atoms with Crippen molar-refractivity contribution in [1.82, 2.24) is 9.80 Å². The van der Waals surface area contributed by atoms with Gasteiger partial charge in [0.15, 0.2) is 11.8 Å². The van der Waals surface area contributed by atoms with Crippen molar-refractivity contribution in [3.05, 3.63) is 64.9 Å². The van der Waals surface area contributed by atoms with Crippen LogP contribution in [0.4, 0.5) is 10.1 Å². The van der Waals surface area contributed by atoms with Gasteiger partial charge in [-0.3, -0.25) is 14.4 Å². The van der Waals surface area contributed by atoms with Gasteiger partial charge in [-0.05, 0) is 43.4 Å². The molecule has 0 heterocycles. The third-order valence-corrected chi connectivity index (χ3v) is 5.33. The first kappa shape index (κ1) is 25.5. The van der Waals surface area contributed by atoms with Crippen molar-refractivity contribution in [2.75, 3.05) is 38.0 Å². The second-order valence-corrected chi connectivity index (χ2v) is 7.50. The third kappa shape index (κ3) is 6.59. The summed E-state index contributed by atoms with van der Waals surface area (Å²) in [6.07, 6.45) is 0. The van der Waals surface area contributed by atoms with Crippen LogP contribution in [0.25, 0.3) is 0 Å². The summed E-state index contributed by atoms with van der Waals surface area (Å²) in [5, 5.41) is 2.75. The average molecular weight is 463 g/mol. The van der Waals surface area contributed by atoms with Gasteiger partial charge >= 0.3 is 0 Å². The lowest BCUT2D eigenvalue weighted by atomic mass is 10.0. The molecule has 2 rings (SSSR count). The van der Waals surface area contributed by atoms with Gasteiger partial charge in [-0.1, -0.05) is 43.6 Å². The molecule has 0 bridgehead atoms. The van der Waals surface area contributed by atoms with Gasteiger partial charge in [-0.2, -0.15) is 0 Å². The molecular weight excluding hydrogens is 435 g/mol. The molecular formula is C23H28ClFN4O3. The second kappa shape index (κ2) is 12.3. The van der Waals surface area contributed by atoms with Crippen LogP contribution in [0.3, 0.4) is 0 Å². The number of hydrogen-bond donors (Lipinski definition) is 2. The molecule has 7 nitrogen and oxygen atoms in total. The Labute approximate surface area is 192 Å². The Bertz CT molecular complexity index is 938. The standard InChI is InChI=1S/C23H28ClFN4O3/c1-3-28(4-2)12-13-29(20(30)15-26)21(23(32)27-17-8-6-5-7-9-17)22(31)18-11-10-16(24)14-19(18)25/h5-11,14,21H,3-4,12-13,15,26H2,1-2H3,(H,27,32)/t21-/m0/s1. The summed E-state index contributed by atoms with van der Waals surface area (Å²) in [7, 11) is 0. The van der Waals surface area contributed by atoms with Crippen molar-refractivity contribution in [2.45, 2.75) is 19.9 Å². The zero-order chi connectivity index (χ0) is 23.7. The van der Waals surface area contributed by atoms with E-state index in [0.717, 1.165) is 24.1 Å². The van der Waals surface area contributed by atoms with Crippen molar-refractivity contribution >= 4 is 34.9 Å². The van der Waals surface area contributed by atoms with E-state index in [9.17, 15) is 18.8 Å². The van der Waals surface area contributed by atoms with E-state index in [1.54, 1.807) is 30.3 Å². The lowest BCUT2D eigenvalue weighted by Gasteiger charge is -2.32. The first-order chi connectivity index (χ1) is 15.3. The quantitative estimate of drug-likeness (QED) is 0.395. The predicted molar refractivity (Wildman–Crippen MR) is 123 cm³/mol. The van der Waals surface area contributed by atoms with E-state index in [0.29, 0.717) is 12.2 Å².